The second-order valence-electron chi connectivity index (χ2n) is 6.54. The van der Waals surface area contributed by atoms with Crippen molar-refractivity contribution in [1.29, 1.82) is 0 Å². The van der Waals surface area contributed by atoms with Crippen LogP contribution in [0.4, 0.5) is 5.69 Å². The molecule has 0 aliphatic carbocycles. The van der Waals surface area contributed by atoms with Crippen LogP contribution in [0.5, 0.6) is 11.5 Å². The Morgan fingerprint density at radius 2 is 2.04 bits per heavy atom. The fraction of sp³-hybridized carbons (Fsp3) is 0.556. The molecular formula is C18H25N3O4. The van der Waals surface area contributed by atoms with Gasteiger partial charge in [-0.1, -0.05) is 0 Å². The molecule has 0 bridgehead atoms. The Bertz CT molecular complexity index is 658. The van der Waals surface area contributed by atoms with Crippen molar-refractivity contribution in [3.05, 3.63) is 18.2 Å². The molecule has 2 fully saturated rings. The second kappa shape index (κ2) is 7.31. The van der Waals surface area contributed by atoms with Crippen molar-refractivity contribution in [2.75, 3.05) is 45.8 Å². The molecule has 3 rings (SSSR count). The number of nitrogens with zero attached hydrogens (tertiary/aromatic N) is 2. The zero-order valence-electron chi connectivity index (χ0n) is 14.9. The van der Waals surface area contributed by atoms with Crippen LogP contribution in [-0.4, -0.2) is 63.7 Å². The van der Waals surface area contributed by atoms with Gasteiger partial charge in [-0.25, -0.2) is 0 Å². The monoisotopic (exact) mass is 347 g/mol. The molecule has 1 aromatic carbocycles. The van der Waals surface area contributed by atoms with Gasteiger partial charge in [0.05, 0.1) is 20.1 Å². The van der Waals surface area contributed by atoms with Gasteiger partial charge in [-0.2, -0.15) is 0 Å². The number of benzene rings is 1. The van der Waals surface area contributed by atoms with Gasteiger partial charge in [-0.3, -0.25) is 9.59 Å². The van der Waals surface area contributed by atoms with Gasteiger partial charge in [0.1, 0.15) is 0 Å². The summed E-state index contributed by atoms with van der Waals surface area (Å²) in [6, 6.07) is 5.58. The minimum atomic E-state index is -0.300. The summed E-state index contributed by atoms with van der Waals surface area (Å²) in [6.45, 7) is 2.16. The second-order valence-corrected chi connectivity index (χ2v) is 6.54. The maximum atomic E-state index is 12.8. The third kappa shape index (κ3) is 3.42. The van der Waals surface area contributed by atoms with Crippen LogP contribution in [0.25, 0.3) is 0 Å². The SMILES string of the molecule is COc1ccc(N2C[C@@H](C(=O)N(C)[C@@H]3CCNC3)CC2=O)cc1OC. The average Bonchev–Trinajstić information content (AvgIpc) is 3.29. The van der Waals surface area contributed by atoms with Crippen molar-refractivity contribution in [1.82, 2.24) is 10.2 Å². The van der Waals surface area contributed by atoms with Crippen LogP contribution in [0.3, 0.4) is 0 Å². The fourth-order valence-electron chi connectivity index (χ4n) is 3.55. The Hall–Kier alpha value is -2.28. The van der Waals surface area contributed by atoms with Gasteiger partial charge in [-0.15, -0.1) is 0 Å². The number of carbonyl (C=O) groups excluding carboxylic acids is 2. The number of methoxy groups -OCH3 is 2. The van der Waals surface area contributed by atoms with Gasteiger partial charge in [0.2, 0.25) is 11.8 Å². The molecule has 7 heteroatoms. The van der Waals surface area contributed by atoms with E-state index in [1.54, 1.807) is 36.2 Å². The molecule has 25 heavy (non-hydrogen) atoms. The van der Waals surface area contributed by atoms with Crippen LogP contribution in [0.2, 0.25) is 0 Å². The van der Waals surface area contributed by atoms with Gasteiger partial charge in [0, 0.05) is 44.4 Å². The summed E-state index contributed by atoms with van der Waals surface area (Å²) >= 11 is 0. The van der Waals surface area contributed by atoms with E-state index in [2.05, 4.69) is 5.32 Å². The molecule has 7 nitrogen and oxygen atoms in total. The maximum Gasteiger partial charge on any atom is 0.228 e. The van der Waals surface area contributed by atoms with Crippen LogP contribution < -0.4 is 19.7 Å². The zero-order valence-corrected chi connectivity index (χ0v) is 14.9. The van der Waals surface area contributed by atoms with E-state index in [-0.39, 0.29) is 30.2 Å². The minimum Gasteiger partial charge on any atom is -0.493 e. The third-order valence-electron chi connectivity index (χ3n) is 5.08. The molecule has 2 aliphatic rings. The topological polar surface area (TPSA) is 71.1 Å². The molecule has 0 unspecified atom stereocenters. The van der Waals surface area contributed by atoms with Crippen molar-refractivity contribution in [3.63, 3.8) is 0 Å². The molecule has 2 heterocycles. The summed E-state index contributed by atoms with van der Waals surface area (Å²) in [5, 5.41) is 3.27. The first-order chi connectivity index (χ1) is 12.0. The smallest absolute Gasteiger partial charge is 0.228 e. The fourth-order valence-corrected chi connectivity index (χ4v) is 3.55. The number of hydrogen-bond acceptors (Lipinski definition) is 5. The Morgan fingerprint density at radius 3 is 2.68 bits per heavy atom. The number of anilines is 1. The molecule has 1 N–H and O–H groups in total. The van der Waals surface area contributed by atoms with E-state index >= 15 is 0 Å². The molecule has 0 radical (unpaired) electrons. The van der Waals surface area contributed by atoms with E-state index in [0.29, 0.717) is 18.0 Å². The molecule has 0 saturated carbocycles. The van der Waals surface area contributed by atoms with Gasteiger partial charge in [0.25, 0.3) is 0 Å². The molecule has 2 saturated heterocycles. The molecular weight excluding hydrogens is 322 g/mol. The highest BCUT2D eigenvalue weighted by Gasteiger charge is 2.38. The van der Waals surface area contributed by atoms with Gasteiger partial charge >= 0.3 is 0 Å². The highest BCUT2D eigenvalue weighted by Crippen LogP contribution is 2.34. The molecule has 2 amide bonds. The molecule has 136 valence electrons. The van der Waals surface area contributed by atoms with E-state index in [9.17, 15) is 9.59 Å². The highest BCUT2D eigenvalue weighted by atomic mass is 16.5. The van der Waals surface area contributed by atoms with Crippen LogP contribution >= 0.6 is 0 Å². The van der Waals surface area contributed by atoms with Crippen molar-refractivity contribution in [2.24, 2.45) is 5.92 Å². The Morgan fingerprint density at radius 1 is 1.28 bits per heavy atom. The summed E-state index contributed by atoms with van der Waals surface area (Å²) < 4.78 is 10.5. The number of carbonyl (C=O) groups is 2. The summed E-state index contributed by atoms with van der Waals surface area (Å²) in [4.78, 5) is 28.7. The van der Waals surface area contributed by atoms with Crippen LogP contribution in [0.15, 0.2) is 18.2 Å². The van der Waals surface area contributed by atoms with Crippen LogP contribution in [-0.2, 0) is 9.59 Å². The number of nitrogens with one attached hydrogen (secondary N) is 1. The Balaban J connectivity index is 1.73. The number of rotatable bonds is 5. The number of amides is 2. The number of hydrogen-bond donors (Lipinski definition) is 1. The molecule has 2 aliphatic heterocycles. The standard InChI is InChI=1S/C18H25N3O4/c1-20(14-6-7-19-10-14)18(23)12-8-17(22)21(11-12)13-4-5-15(24-2)16(9-13)25-3/h4-5,9,12,14,19H,6-8,10-11H2,1-3H3/t12-,14+/m0/s1. The minimum absolute atomic E-state index is 0.0384. The summed E-state index contributed by atoms with van der Waals surface area (Å²) in [7, 11) is 4.97. The molecule has 0 aromatic heterocycles. The first-order valence-electron chi connectivity index (χ1n) is 8.55. The first-order valence-corrected chi connectivity index (χ1v) is 8.55. The Kier molecular flexibility index (Phi) is 5.13. The van der Waals surface area contributed by atoms with E-state index in [4.69, 9.17) is 9.47 Å². The Labute approximate surface area is 147 Å². The third-order valence-corrected chi connectivity index (χ3v) is 5.08. The largest absolute Gasteiger partial charge is 0.493 e. The lowest BCUT2D eigenvalue weighted by atomic mass is 10.1. The lowest BCUT2D eigenvalue weighted by Crippen LogP contribution is -2.42. The van der Waals surface area contributed by atoms with E-state index < -0.39 is 0 Å². The van der Waals surface area contributed by atoms with Gasteiger partial charge in [0.15, 0.2) is 11.5 Å². The predicted octanol–water partition coefficient (Wildman–Crippen LogP) is 0.877. The van der Waals surface area contributed by atoms with Crippen molar-refractivity contribution < 1.29 is 19.1 Å². The van der Waals surface area contributed by atoms with Crippen LogP contribution in [0.1, 0.15) is 12.8 Å². The molecule has 2 atom stereocenters. The lowest BCUT2D eigenvalue weighted by molar-refractivity contribution is -0.136. The quantitative estimate of drug-likeness (QED) is 0.856. The van der Waals surface area contributed by atoms with E-state index in [0.717, 1.165) is 25.2 Å². The van der Waals surface area contributed by atoms with Crippen LogP contribution in [0, 0.1) is 5.92 Å². The number of likely N-dealkylation sites (N-methyl/N-ethyl adjacent to an activating group) is 1. The maximum absolute atomic E-state index is 12.8. The normalized spacial score (nSPS) is 23.0. The summed E-state index contributed by atoms with van der Waals surface area (Å²) in [5.74, 6) is 0.885. The summed E-state index contributed by atoms with van der Waals surface area (Å²) in [5.41, 5.74) is 0.725. The van der Waals surface area contributed by atoms with Gasteiger partial charge in [-0.05, 0) is 25.1 Å². The van der Waals surface area contributed by atoms with E-state index in [1.165, 1.54) is 0 Å². The predicted molar refractivity (Wildman–Crippen MR) is 94.1 cm³/mol. The molecule has 1 aromatic rings. The highest BCUT2D eigenvalue weighted by molar-refractivity contribution is 6.00. The molecule has 0 spiro atoms. The lowest BCUT2D eigenvalue weighted by Gasteiger charge is -2.26. The zero-order chi connectivity index (χ0) is 18.0. The first kappa shape index (κ1) is 17.5. The average molecular weight is 347 g/mol. The van der Waals surface area contributed by atoms with Crippen molar-refractivity contribution in [2.45, 2.75) is 18.9 Å². The summed E-state index contributed by atoms with van der Waals surface area (Å²) in [6.07, 6.45) is 1.21. The van der Waals surface area contributed by atoms with Crippen molar-refractivity contribution >= 4 is 17.5 Å². The van der Waals surface area contributed by atoms with Gasteiger partial charge < -0.3 is 24.6 Å². The number of ether oxygens (including phenoxy) is 2. The van der Waals surface area contributed by atoms with E-state index in [1.807, 2.05) is 13.1 Å². The van der Waals surface area contributed by atoms with Crippen molar-refractivity contribution in [3.8, 4) is 11.5 Å².